The molecule has 0 unspecified atom stereocenters. The Morgan fingerprint density at radius 3 is 2.52 bits per heavy atom. The van der Waals surface area contributed by atoms with E-state index in [4.69, 9.17) is 16.7 Å². The topological polar surface area (TPSA) is 80.5 Å². The highest BCUT2D eigenvalue weighted by molar-refractivity contribution is 7.89. The predicted octanol–water partition coefficient (Wildman–Crippen LogP) is 2.17. The van der Waals surface area contributed by atoms with Gasteiger partial charge in [0.2, 0.25) is 10.0 Å². The van der Waals surface area contributed by atoms with Crippen LogP contribution in [0.4, 0.5) is 0 Å². The molecule has 2 rings (SSSR count). The number of hydrogen-bond acceptors (Lipinski definition) is 3. The minimum Gasteiger partial charge on any atom is -0.339 e. The molecule has 0 spiro atoms. The number of carbonyl (C=O) groups excluding carboxylic acids is 1. The van der Waals surface area contributed by atoms with Crippen LogP contribution in [-0.4, -0.2) is 32.3 Å². The Bertz CT molecular complexity index is 669. The molecule has 7 heteroatoms. The lowest BCUT2D eigenvalue weighted by Crippen LogP contribution is -2.33. The van der Waals surface area contributed by atoms with Crippen LogP contribution in [-0.2, 0) is 10.0 Å². The number of carbonyl (C=O) groups is 1. The zero-order valence-corrected chi connectivity index (χ0v) is 13.7. The molecule has 1 aliphatic rings. The molecule has 1 aromatic rings. The summed E-state index contributed by atoms with van der Waals surface area (Å²) in [7, 11) is -3.90. The molecule has 0 heterocycles. The summed E-state index contributed by atoms with van der Waals surface area (Å²) in [5.74, 6) is 0.361. The minimum absolute atomic E-state index is 0.135. The summed E-state index contributed by atoms with van der Waals surface area (Å²) in [4.78, 5) is 14.2. The lowest BCUT2D eigenvalue weighted by molar-refractivity contribution is 0.0756. The van der Waals surface area contributed by atoms with E-state index >= 15 is 0 Å². The molecule has 1 aliphatic carbocycles. The zero-order chi connectivity index (χ0) is 15.8. The maximum absolute atomic E-state index is 12.6. The van der Waals surface area contributed by atoms with Gasteiger partial charge in [-0.2, -0.15) is 0 Å². The van der Waals surface area contributed by atoms with Crippen molar-refractivity contribution in [1.29, 1.82) is 0 Å². The lowest BCUT2D eigenvalue weighted by Gasteiger charge is -2.22. The maximum atomic E-state index is 12.6. The fourth-order valence-corrected chi connectivity index (χ4v) is 3.03. The summed E-state index contributed by atoms with van der Waals surface area (Å²) in [6.45, 7) is 4.88. The predicted molar refractivity (Wildman–Crippen MR) is 81.9 cm³/mol. The second kappa shape index (κ2) is 5.94. The van der Waals surface area contributed by atoms with Gasteiger partial charge in [0.25, 0.3) is 5.91 Å². The third-order valence-electron chi connectivity index (χ3n) is 3.72. The van der Waals surface area contributed by atoms with Gasteiger partial charge in [0.15, 0.2) is 0 Å². The molecular formula is C14H19ClN2O3S. The number of benzene rings is 1. The second-order valence-electron chi connectivity index (χ2n) is 5.41. The highest BCUT2D eigenvalue weighted by Gasteiger charge is 2.28. The Morgan fingerprint density at radius 2 is 2.05 bits per heavy atom. The minimum atomic E-state index is -3.90. The highest BCUT2D eigenvalue weighted by Crippen LogP contribution is 2.31. The van der Waals surface area contributed by atoms with Crippen molar-refractivity contribution in [3.05, 3.63) is 28.3 Å². The Balaban J connectivity index is 2.41. The van der Waals surface area contributed by atoms with E-state index in [9.17, 15) is 13.2 Å². The molecule has 0 radical (unpaired) electrons. The van der Waals surface area contributed by atoms with E-state index in [1.54, 1.807) is 11.8 Å². The largest absolute Gasteiger partial charge is 0.339 e. The Kier molecular flexibility index (Phi) is 4.60. The summed E-state index contributed by atoms with van der Waals surface area (Å²) in [6, 6.07) is 2.59. The van der Waals surface area contributed by atoms with Gasteiger partial charge in [0.1, 0.15) is 0 Å². The van der Waals surface area contributed by atoms with Gasteiger partial charge >= 0.3 is 0 Å². The van der Waals surface area contributed by atoms with Gasteiger partial charge in [-0.05, 0) is 50.3 Å². The molecule has 0 aliphatic heterocycles. The molecule has 1 fully saturated rings. The first-order valence-corrected chi connectivity index (χ1v) is 8.78. The molecule has 0 atom stereocenters. The van der Waals surface area contributed by atoms with Gasteiger partial charge < -0.3 is 4.90 Å². The summed E-state index contributed by atoms with van der Waals surface area (Å²) in [5, 5.41) is 5.36. The molecule has 5 nitrogen and oxygen atoms in total. The first-order chi connectivity index (χ1) is 9.74. The van der Waals surface area contributed by atoms with Crippen LogP contribution in [0.15, 0.2) is 17.0 Å². The summed E-state index contributed by atoms with van der Waals surface area (Å²) >= 11 is 6.04. The summed E-state index contributed by atoms with van der Waals surface area (Å²) in [5.41, 5.74) is 0.873. The fourth-order valence-electron chi connectivity index (χ4n) is 2.18. The van der Waals surface area contributed by atoms with Gasteiger partial charge in [0, 0.05) is 23.7 Å². The second-order valence-corrected chi connectivity index (χ2v) is 7.38. The number of rotatable bonds is 5. The van der Waals surface area contributed by atoms with Gasteiger partial charge in [-0.3, -0.25) is 4.79 Å². The molecule has 1 amide bonds. The number of halogens is 1. The lowest BCUT2D eigenvalue weighted by atomic mass is 10.1. The normalized spacial score (nSPS) is 15.0. The molecule has 0 saturated heterocycles. The third-order valence-corrected chi connectivity index (χ3v) is 5.01. The molecule has 0 bridgehead atoms. The van der Waals surface area contributed by atoms with Crippen molar-refractivity contribution in [2.45, 2.75) is 31.6 Å². The van der Waals surface area contributed by atoms with E-state index in [1.165, 1.54) is 12.1 Å². The van der Waals surface area contributed by atoms with Crippen molar-refractivity contribution in [3.8, 4) is 0 Å². The number of hydrogen-bond donors (Lipinski definition) is 1. The van der Waals surface area contributed by atoms with E-state index in [-0.39, 0.29) is 15.8 Å². The zero-order valence-electron chi connectivity index (χ0n) is 12.1. The van der Waals surface area contributed by atoms with Crippen molar-refractivity contribution in [1.82, 2.24) is 4.90 Å². The van der Waals surface area contributed by atoms with Crippen LogP contribution in [0.1, 0.15) is 35.7 Å². The molecule has 2 N–H and O–H groups in total. The summed E-state index contributed by atoms with van der Waals surface area (Å²) < 4.78 is 23.0. The van der Waals surface area contributed by atoms with Crippen molar-refractivity contribution in [2.75, 3.05) is 13.1 Å². The van der Waals surface area contributed by atoms with Gasteiger partial charge in [-0.25, -0.2) is 13.6 Å². The quantitative estimate of drug-likeness (QED) is 0.898. The van der Waals surface area contributed by atoms with Crippen molar-refractivity contribution in [2.24, 2.45) is 11.1 Å². The van der Waals surface area contributed by atoms with E-state index < -0.39 is 10.0 Å². The van der Waals surface area contributed by atoms with Crippen LogP contribution in [0.25, 0.3) is 0 Å². The molecule has 116 valence electrons. The third kappa shape index (κ3) is 3.75. The van der Waals surface area contributed by atoms with Crippen LogP contribution in [0.3, 0.4) is 0 Å². The van der Waals surface area contributed by atoms with Gasteiger partial charge in [-0.15, -0.1) is 0 Å². The number of nitrogens with zero attached hydrogens (tertiary/aromatic N) is 1. The molecule has 1 saturated carbocycles. The van der Waals surface area contributed by atoms with Crippen LogP contribution < -0.4 is 5.14 Å². The monoisotopic (exact) mass is 330 g/mol. The van der Waals surface area contributed by atoms with E-state index in [0.717, 1.165) is 12.8 Å². The smallest absolute Gasteiger partial charge is 0.254 e. The van der Waals surface area contributed by atoms with Crippen LogP contribution in [0, 0.1) is 12.8 Å². The molecule has 1 aromatic carbocycles. The molecule has 21 heavy (non-hydrogen) atoms. The van der Waals surface area contributed by atoms with Crippen LogP contribution in [0.5, 0.6) is 0 Å². The molecule has 0 aromatic heterocycles. The average molecular weight is 331 g/mol. The number of primary sulfonamides is 1. The molecular weight excluding hydrogens is 312 g/mol. The Labute approximate surface area is 130 Å². The van der Waals surface area contributed by atoms with E-state index in [0.29, 0.717) is 30.1 Å². The number of nitrogens with two attached hydrogens (primary N) is 1. The van der Waals surface area contributed by atoms with Crippen LogP contribution >= 0.6 is 11.6 Å². The van der Waals surface area contributed by atoms with Gasteiger partial charge in [0.05, 0.1) is 4.90 Å². The van der Waals surface area contributed by atoms with E-state index in [1.807, 2.05) is 6.92 Å². The first kappa shape index (κ1) is 16.3. The Hall–Kier alpha value is -1.11. The van der Waals surface area contributed by atoms with E-state index in [2.05, 4.69) is 0 Å². The fraction of sp³-hybridized carbons (Fsp3) is 0.500. The average Bonchev–Trinajstić information content (AvgIpc) is 3.21. The van der Waals surface area contributed by atoms with Crippen LogP contribution in [0.2, 0.25) is 5.02 Å². The highest BCUT2D eigenvalue weighted by atomic mass is 35.5. The van der Waals surface area contributed by atoms with Crippen molar-refractivity contribution < 1.29 is 13.2 Å². The van der Waals surface area contributed by atoms with Crippen molar-refractivity contribution >= 4 is 27.5 Å². The Morgan fingerprint density at radius 1 is 1.43 bits per heavy atom. The SMILES string of the molecule is CCN(CC1CC1)C(=O)c1cc(S(N)(=O)=O)cc(Cl)c1C. The number of amides is 1. The standard InChI is InChI=1S/C14H19ClN2O3S/c1-3-17(8-10-4-5-10)14(18)12-6-11(21(16,19)20)7-13(15)9(12)2/h6-7,10H,3-5,8H2,1-2H3,(H2,16,19,20). The van der Waals surface area contributed by atoms with Gasteiger partial charge in [-0.1, -0.05) is 11.6 Å². The summed E-state index contributed by atoms with van der Waals surface area (Å²) in [6.07, 6.45) is 2.28. The van der Waals surface area contributed by atoms with Crippen molar-refractivity contribution in [3.63, 3.8) is 0 Å². The number of sulfonamides is 1. The maximum Gasteiger partial charge on any atom is 0.254 e. The first-order valence-electron chi connectivity index (χ1n) is 6.86.